The van der Waals surface area contributed by atoms with Gasteiger partial charge in [-0.25, -0.2) is 13.8 Å². The predicted octanol–water partition coefficient (Wildman–Crippen LogP) is 3.27. The zero-order valence-electron chi connectivity index (χ0n) is 18.5. The zero-order chi connectivity index (χ0) is 23.1. The molecule has 1 aliphatic rings. The molecule has 0 aliphatic carbocycles. The summed E-state index contributed by atoms with van der Waals surface area (Å²) in [5.74, 6) is -0.105. The SMILES string of the molecule is CCNC(=NCc1ccc(OC)c(NC(C)=O)c1)NC1CCN(c2c(F)cccc2F)C1. The minimum absolute atomic E-state index is 0.00221. The van der Waals surface area contributed by atoms with Crippen molar-refractivity contribution in [1.82, 2.24) is 10.6 Å². The number of amides is 1. The fraction of sp³-hybridized carbons (Fsp3) is 0.391. The molecule has 172 valence electrons. The van der Waals surface area contributed by atoms with E-state index in [1.54, 1.807) is 18.1 Å². The lowest BCUT2D eigenvalue weighted by molar-refractivity contribution is -0.114. The molecule has 2 aromatic rings. The lowest BCUT2D eigenvalue weighted by atomic mass is 10.2. The number of nitrogens with one attached hydrogen (secondary N) is 3. The Morgan fingerprint density at radius 3 is 2.66 bits per heavy atom. The molecule has 3 N–H and O–H groups in total. The van der Waals surface area contributed by atoms with Crippen LogP contribution in [0.4, 0.5) is 20.2 Å². The average molecular weight is 446 g/mol. The average Bonchev–Trinajstić information content (AvgIpc) is 3.20. The second-order valence-electron chi connectivity index (χ2n) is 7.56. The second kappa shape index (κ2) is 10.8. The fourth-order valence-electron chi connectivity index (χ4n) is 3.70. The third-order valence-corrected chi connectivity index (χ3v) is 5.12. The quantitative estimate of drug-likeness (QED) is 0.451. The van der Waals surface area contributed by atoms with Crippen molar-refractivity contribution in [1.29, 1.82) is 0 Å². The first-order valence-electron chi connectivity index (χ1n) is 10.6. The van der Waals surface area contributed by atoms with E-state index in [2.05, 4.69) is 20.9 Å². The smallest absolute Gasteiger partial charge is 0.221 e. The zero-order valence-corrected chi connectivity index (χ0v) is 18.5. The van der Waals surface area contributed by atoms with Crippen molar-refractivity contribution in [2.75, 3.05) is 37.0 Å². The van der Waals surface area contributed by atoms with Gasteiger partial charge in [-0.3, -0.25) is 4.79 Å². The van der Waals surface area contributed by atoms with E-state index in [4.69, 9.17) is 4.74 Å². The van der Waals surface area contributed by atoms with Gasteiger partial charge >= 0.3 is 0 Å². The van der Waals surface area contributed by atoms with Crippen LogP contribution >= 0.6 is 0 Å². The van der Waals surface area contributed by atoms with E-state index in [1.165, 1.54) is 25.1 Å². The highest BCUT2D eigenvalue weighted by atomic mass is 19.1. The number of hydrogen-bond acceptors (Lipinski definition) is 4. The number of benzene rings is 2. The molecule has 3 rings (SSSR count). The van der Waals surface area contributed by atoms with Crippen molar-refractivity contribution in [2.45, 2.75) is 32.9 Å². The number of halogens is 2. The van der Waals surface area contributed by atoms with Crippen LogP contribution < -0.4 is 25.6 Å². The van der Waals surface area contributed by atoms with Crippen LogP contribution in [0.5, 0.6) is 5.75 Å². The maximum atomic E-state index is 14.1. The Morgan fingerprint density at radius 1 is 1.25 bits per heavy atom. The largest absolute Gasteiger partial charge is 0.495 e. The van der Waals surface area contributed by atoms with Gasteiger partial charge in [0.25, 0.3) is 0 Å². The minimum atomic E-state index is -0.555. The van der Waals surface area contributed by atoms with Crippen LogP contribution in [0.2, 0.25) is 0 Å². The van der Waals surface area contributed by atoms with Crippen molar-refractivity contribution < 1.29 is 18.3 Å². The van der Waals surface area contributed by atoms with Gasteiger partial charge in [-0.15, -0.1) is 0 Å². The third-order valence-electron chi connectivity index (χ3n) is 5.12. The molecule has 1 heterocycles. The van der Waals surface area contributed by atoms with Crippen LogP contribution in [0.1, 0.15) is 25.8 Å². The number of rotatable bonds is 7. The summed E-state index contributed by atoms with van der Waals surface area (Å²) in [6, 6.07) is 9.41. The van der Waals surface area contributed by atoms with Crippen molar-refractivity contribution in [3.05, 3.63) is 53.6 Å². The summed E-state index contributed by atoms with van der Waals surface area (Å²) in [4.78, 5) is 17.8. The lowest BCUT2D eigenvalue weighted by Gasteiger charge is -2.21. The Bertz CT molecular complexity index is 963. The Balaban J connectivity index is 1.68. The highest BCUT2D eigenvalue weighted by Gasteiger charge is 2.27. The summed E-state index contributed by atoms with van der Waals surface area (Å²) in [5, 5.41) is 9.31. The highest BCUT2D eigenvalue weighted by Crippen LogP contribution is 2.27. The van der Waals surface area contributed by atoms with Gasteiger partial charge in [0, 0.05) is 32.6 Å². The van der Waals surface area contributed by atoms with Crippen LogP contribution in [-0.2, 0) is 11.3 Å². The van der Waals surface area contributed by atoms with Crippen LogP contribution in [0.3, 0.4) is 0 Å². The molecule has 1 unspecified atom stereocenters. The van der Waals surface area contributed by atoms with E-state index in [0.29, 0.717) is 43.6 Å². The molecule has 7 nitrogen and oxygen atoms in total. The number of carbonyl (C=O) groups excluding carboxylic acids is 1. The molecular weight excluding hydrogens is 416 g/mol. The minimum Gasteiger partial charge on any atom is -0.495 e. The van der Waals surface area contributed by atoms with Gasteiger partial charge < -0.3 is 25.6 Å². The predicted molar refractivity (Wildman–Crippen MR) is 122 cm³/mol. The van der Waals surface area contributed by atoms with E-state index in [-0.39, 0.29) is 17.6 Å². The summed E-state index contributed by atoms with van der Waals surface area (Å²) < 4.78 is 33.5. The number of anilines is 2. The standard InChI is InChI=1S/C23H29F2N5O2/c1-4-26-23(27-13-16-8-9-21(32-3)20(12-16)28-15(2)31)29-17-10-11-30(14-17)22-18(24)6-5-7-19(22)25/h5-9,12,17H,4,10-11,13-14H2,1-3H3,(H,28,31)(H2,26,27,29). The molecule has 1 fully saturated rings. The maximum Gasteiger partial charge on any atom is 0.221 e. The van der Waals surface area contributed by atoms with Crippen LogP contribution in [-0.4, -0.2) is 44.7 Å². The number of methoxy groups -OCH3 is 1. The lowest BCUT2D eigenvalue weighted by Crippen LogP contribution is -2.44. The van der Waals surface area contributed by atoms with E-state index in [1.807, 2.05) is 19.1 Å². The van der Waals surface area contributed by atoms with Crippen LogP contribution in [0, 0.1) is 11.6 Å². The summed E-state index contributed by atoms with van der Waals surface area (Å²) in [6.45, 7) is 5.48. The number of guanidine groups is 1. The van der Waals surface area contributed by atoms with Crippen molar-refractivity contribution in [3.63, 3.8) is 0 Å². The Kier molecular flexibility index (Phi) is 7.86. The summed E-state index contributed by atoms with van der Waals surface area (Å²) in [6.07, 6.45) is 0.730. The fourth-order valence-corrected chi connectivity index (χ4v) is 3.70. The molecule has 2 aromatic carbocycles. The monoisotopic (exact) mass is 445 g/mol. The molecule has 1 saturated heterocycles. The molecule has 1 amide bonds. The molecule has 0 radical (unpaired) electrons. The molecular formula is C23H29F2N5O2. The second-order valence-corrected chi connectivity index (χ2v) is 7.56. The Hall–Kier alpha value is -3.36. The van der Waals surface area contributed by atoms with Gasteiger partial charge in [0.05, 0.1) is 19.3 Å². The van der Waals surface area contributed by atoms with E-state index in [0.717, 1.165) is 12.0 Å². The van der Waals surface area contributed by atoms with Gasteiger partial charge in [-0.05, 0) is 43.2 Å². The first-order valence-corrected chi connectivity index (χ1v) is 10.6. The molecule has 1 atom stereocenters. The van der Waals surface area contributed by atoms with Crippen LogP contribution in [0.15, 0.2) is 41.4 Å². The number of para-hydroxylation sites is 1. The molecule has 1 aliphatic heterocycles. The third kappa shape index (κ3) is 5.87. The summed E-state index contributed by atoms with van der Waals surface area (Å²) in [5.41, 5.74) is 1.50. The van der Waals surface area contributed by atoms with E-state index in [9.17, 15) is 13.6 Å². The normalized spacial score (nSPS) is 16.1. The molecule has 0 spiro atoms. The number of nitrogens with zero attached hydrogens (tertiary/aromatic N) is 2. The van der Waals surface area contributed by atoms with Crippen molar-refractivity contribution in [3.8, 4) is 5.75 Å². The van der Waals surface area contributed by atoms with Crippen molar-refractivity contribution >= 4 is 23.2 Å². The highest BCUT2D eigenvalue weighted by molar-refractivity contribution is 5.90. The Morgan fingerprint density at radius 2 is 2.00 bits per heavy atom. The van der Waals surface area contributed by atoms with Crippen molar-refractivity contribution in [2.24, 2.45) is 4.99 Å². The van der Waals surface area contributed by atoms with E-state index < -0.39 is 11.6 Å². The first kappa shape index (κ1) is 23.3. The van der Waals surface area contributed by atoms with Gasteiger partial charge in [-0.1, -0.05) is 12.1 Å². The van der Waals surface area contributed by atoms with Gasteiger partial charge in [0.1, 0.15) is 23.1 Å². The van der Waals surface area contributed by atoms with Gasteiger partial charge in [-0.2, -0.15) is 0 Å². The number of aliphatic imine (C=N–C) groups is 1. The van der Waals surface area contributed by atoms with Gasteiger partial charge in [0.2, 0.25) is 5.91 Å². The van der Waals surface area contributed by atoms with Crippen LogP contribution in [0.25, 0.3) is 0 Å². The summed E-state index contributed by atoms with van der Waals surface area (Å²) in [7, 11) is 1.55. The molecule has 0 bridgehead atoms. The molecule has 32 heavy (non-hydrogen) atoms. The topological polar surface area (TPSA) is 78.0 Å². The maximum absolute atomic E-state index is 14.1. The molecule has 0 saturated carbocycles. The molecule has 0 aromatic heterocycles. The molecule has 9 heteroatoms. The van der Waals surface area contributed by atoms with E-state index >= 15 is 0 Å². The summed E-state index contributed by atoms with van der Waals surface area (Å²) >= 11 is 0. The van der Waals surface area contributed by atoms with Gasteiger partial charge in [0.15, 0.2) is 5.96 Å². The first-order chi connectivity index (χ1) is 15.4. The number of carbonyl (C=O) groups is 1. The Labute approximate surface area is 186 Å². The number of ether oxygens (including phenoxy) is 1. The number of hydrogen-bond donors (Lipinski definition) is 3.